The van der Waals surface area contributed by atoms with Gasteiger partial charge in [-0.25, -0.2) is 0 Å². The molecule has 84 valence electrons. The maximum Gasteiger partial charge on any atom is 0.307 e. The van der Waals surface area contributed by atoms with Crippen LogP contribution >= 0.6 is 11.3 Å². The van der Waals surface area contributed by atoms with Crippen LogP contribution in [0.3, 0.4) is 0 Å². The minimum atomic E-state index is 0.135. The van der Waals surface area contributed by atoms with Gasteiger partial charge >= 0.3 is 4.87 Å². The van der Waals surface area contributed by atoms with Crippen molar-refractivity contribution in [1.29, 1.82) is 0 Å². The fourth-order valence-corrected chi connectivity index (χ4v) is 2.48. The zero-order chi connectivity index (χ0) is 11.7. The van der Waals surface area contributed by atoms with Gasteiger partial charge in [-0.1, -0.05) is 41.2 Å². The van der Waals surface area contributed by atoms with Gasteiger partial charge in [0, 0.05) is 10.6 Å². The van der Waals surface area contributed by atoms with E-state index < -0.39 is 0 Å². The Morgan fingerprint density at radius 3 is 2.25 bits per heavy atom. The smallest absolute Gasteiger partial charge is 0.299 e. The van der Waals surface area contributed by atoms with Gasteiger partial charge in [-0.05, 0) is 26.3 Å². The van der Waals surface area contributed by atoms with E-state index in [4.69, 9.17) is 0 Å². The molecule has 1 aromatic carbocycles. The summed E-state index contributed by atoms with van der Waals surface area (Å²) in [5, 5.41) is 0. The summed E-state index contributed by atoms with van der Waals surface area (Å²) in [5.74, 6) is 0. The number of hydrogen-bond donors (Lipinski definition) is 0. The van der Waals surface area contributed by atoms with Crippen molar-refractivity contribution < 1.29 is 0 Å². The normalized spacial score (nSPS) is 10.7. The summed E-state index contributed by atoms with van der Waals surface area (Å²) in [6, 6.07) is 8.31. The highest BCUT2D eigenvalue weighted by Crippen LogP contribution is 2.12. The molecule has 0 saturated carbocycles. The van der Waals surface area contributed by atoms with Crippen molar-refractivity contribution >= 4 is 11.3 Å². The number of hydrogen-bond acceptors (Lipinski definition) is 2. The maximum atomic E-state index is 11.7. The number of aromatic nitrogens is 1. The van der Waals surface area contributed by atoms with Gasteiger partial charge in [-0.15, -0.1) is 0 Å². The second-order valence-corrected chi connectivity index (χ2v) is 5.25. The third-order valence-corrected chi connectivity index (χ3v) is 3.83. The van der Waals surface area contributed by atoms with Crippen LogP contribution < -0.4 is 4.87 Å². The van der Waals surface area contributed by atoms with Crippen LogP contribution in [0.4, 0.5) is 0 Å². The highest BCUT2D eigenvalue weighted by Gasteiger charge is 2.07. The van der Waals surface area contributed by atoms with E-state index in [1.54, 1.807) is 0 Å². The summed E-state index contributed by atoms with van der Waals surface area (Å²) in [6.07, 6.45) is 0. The molecule has 0 amide bonds. The van der Waals surface area contributed by atoms with Gasteiger partial charge in [0.05, 0.1) is 6.54 Å². The Hall–Kier alpha value is -1.35. The Kier molecular flexibility index (Phi) is 2.97. The summed E-state index contributed by atoms with van der Waals surface area (Å²) >= 11 is 1.33. The fraction of sp³-hybridized carbons (Fsp3) is 0.308. The van der Waals surface area contributed by atoms with Gasteiger partial charge in [-0.2, -0.15) is 0 Å². The molecule has 0 aliphatic heterocycles. The molecule has 1 aromatic heterocycles. The zero-order valence-electron chi connectivity index (χ0n) is 9.78. The Morgan fingerprint density at radius 2 is 1.75 bits per heavy atom. The van der Waals surface area contributed by atoms with Crippen molar-refractivity contribution in [3.05, 3.63) is 55.6 Å². The summed E-state index contributed by atoms with van der Waals surface area (Å²) < 4.78 is 1.84. The first-order chi connectivity index (χ1) is 7.58. The molecule has 0 bridgehead atoms. The predicted molar refractivity (Wildman–Crippen MR) is 68.3 cm³/mol. The molecule has 0 atom stereocenters. The Labute approximate surface area is 99.2 Å². The molecule has 3 heteroatoms. The lowest BCUT2D eigenvalue weighted by Gasteiger charge is -2.05. The minimum absolute atomic E-state index is 0.135. The molecule has 0 unspecified atom stereocenters. The van der Waals surface area contributed by atoms with Crippen molar-refractivity contribution in [1.82, 2.24) is 4.57 Å². The van der Waals surface area contributed by atoms with Gasteiger partial charge < -0.3 is 0 Å². The van der Waals surface area contributed by atoms with Crippen molar-refractivity contribution in [2.24, 2.45) is 0 Å². The lowest BCUT2D eigenvalue weighted by molar-refractivity contribution is 0.751. The number of benzene rings is 1. The Bertz CT molecular complexity index is 548. The first-order valence-corrected chi connectivity index (χ1v) is 6.12. The molecule has 0 fully saturated rings. The molecule has 0 saturated heterocycles. The molecule has 2 aromatic rings. The van der Waals surface area contributed by atoms with Gasteiger partial charge in [0.15, 0.2) is 0 Å². The molecule has 0 radical (unpaired) electrons. The number of nitrogens with zero attached hydrogens (tertiary/aromatic N) is 1. The molecule has 0 spiro atoms. The molecule has 2 nitrogen and oxygen atoms in total. The van der Waals surface area contributed by atoms with E-state index in [2.05, 4.69) is 31.2 Å². The minimum Gasteiger partial charge on any atom is -0.299 e. The van der Waals surface area contributed by atoms with Gasteiger partial charge in [0.1, 0.15) is 0 Å². The van der Waals surface area contributed by atoms with Crippen molar-refractivity contribution in [2.75, 3.05) is 0 Å². The molecular weight excluding hydrogens is 218 g/mol. The van der Waals surface area contributed by atoms with Gasteiger partial charge in [-0.3, -0.25) is 9.36 Å². The molecule has 0 aliphatic rings. The average Bonchev–Trinajstić information content (AvgIpc) is 2.48. The van der Waals surface area contributed by atoms with Crippen LogP contribution in [0.25, 0.3) is 0 Å². The van der Waals surface area contributed by atoms with E-state index in [9.17, 15) is 4.79 Å². The molecule has 2 rings (SSSR count). The Morgan fingerprint density at radius 1 is 1.12 bits per heavy atom. The molecule has 1 heterocycles. The van der Waals surface area contributed by atoms with Crippen LogP contribution in [0, 0.1) is 20.8 Å². The average molecular weight is 233 g/mol. The van der Waals surface area contributed by atoms with Crippen LogP contribution in [0.5, 0.6) is 0 Å². The van der Waals surface area contributed by atoms with E-state index in [1.807, 2.05) is 18.4 Å². The van der Waals surface area contributed by atoms with Crippen molar-refractivity contribution in [3.8, 4) is 0 Å². The van der Waals surface area contributed by atoms with Crippen molar-refractivity contribution in [2.45, 2.75) is 27.3 Å². The second kappa shape index (κ2) is 4.26. The monoisotopic (exact) mass is 233 g/mol. The third-order valence-electron chi connectivity index (χ3n) is 2.84. The highest BCUT2D eigenvalue weighted by molar-refractivity contribution is 7.09. The van der Waals surface area contributed by atoms with E-state index in [-0.39, 0.29) is 4.87 Å². The standard InChI is InChI=1S/C13H15NOS/c1-9-4-6-12(7-5-9)8-14-10(2)11(3)16-13(14)15/h4-7H,8H2,1-3H3. The molecule has 16 heavy (non-hydrogen) atoms. The summed E-state index contributed by atoms with van der Waals surface area (Å²) in [6.45, 7) is 6.74. The van der Waals surface area contributed by atoms with Crippen LogP contribution in [-0.4, -0.2) is 4.57 Å². The topological polar surface area (TPSA) is 22.0 Å². The highest BCUT2D eigenvalue weighted by atomic mass is 32.1. The van der Waals surface area contributed by atoms with E-state index in [1.165, 1.54) is 22.5 Å². The van der Waals surface area contributed by atoms with Crippen LogP contribution in [0.15, 0.2) is 29.1 Å². The van der Waals surface area contributed by atoms with Crippen LogP contribution in [0.1, 0.15) is 21.7 Å². The number of rotatable bonds is 2. The maximum absolute atomic E-state index is 11.7. The summed E-state index contributed by atoms with van der Waals surface area (Å²) in [4.78, 5) is 13.0. The summed E-state index contributed by atoms with van der Waals surface area (Å²) in [5.41, 5.74) is 3.50. The molecule has 0 aliphatic carbocycles. The number of aryl methyl sites for hydroxylation is 2. The SMILES string of the molecule is Cc1ccc(Cn2c(C)c(C)sc2=O)cc1. The van der Waals surface area contributed by atoms with E-state index in [0.29, 0.717) is 6.54 Å². The molecular formula is C13H15NOS. The molecule has 0 N–H and O–H groups in total. The second-order valence-electron chi connectivity index (χ2n) is 4.08. The van der Waals surface area contributed by atoms with Crippen molar-refractivity contribution in [3.63, 3.8) is 0 Å². The largest absolute Gasteiger partial charge is 0.307 e. The quantitative estimate of drug-likeness (QED) is 0.781. The van der Waals surface area contributed by atoms with Gasteiger partial charge in [0.2, 0.25) is 0 Å². The zero-order valence-corrected chi connectivity index (χ0v) is 10.6. The lowest BCUT2D eigenvalue weighted by Crippen LogP contribution is -2.15. The first kappa shape index (κ1) is 11.1. The first-order valence-electron chi connectivity index (χ1n) is 5.30. The van der Waals surface area contributed by atoms with E-state index in [0.717, 1.165) is 10.6 Å². The lowest BCUT2D eigenvalue weighted by atomic mass is 10.1. The van der Waals surface area contributed by atoms with Crippen LogP contribution in [-0.2, 0) is 6.54 Å². The fourth-order valence-electron chi connectivity index (χ4n) is 1.65. The third kappa shape index (κ3) is 2.09. The summed E-state index contributed by atoms with van der Waals surface area (Å²) in [7, 11) is 0. The Balaban J connectivity index is 2.34. The van der Waals surface area contributed by atoms with E-state index >= 15 is 0 Å². The number of thiazole rings is 1. The van der Waals surface area contributed by atoms with Crippen LogP contribution in [0.2, 0.25) is 0 Å². The predicted octanol–water partition coefficient (Wildman–Crippen LogP) is 2.88. The van der Waals surface area contributed by atoms with Gasteiger partial charge in [0.25, 0.3) is 0 Å².